The topological polar surface area (TPSA) is 23.5 Å². The van der Waals surface area contributed by atoms with E-state index in [2.05, 4.69) is 32.6 Å². The van der Waals surface area contributed by atoms with Gasteiger partial charge >= 0.3 is 0 Å². The molecule has 194 valence electrons. The van der Waals surface area contributed by atoms with Crippen LogP contribution in [0.25, 0.3) is 0 Å². The minimum Gasteiger partial charge on any atom is -0.391 e. The lowest BCUT2D eigenvalue weighted by Gasteiger charge is -2.36. The molecule has 0 radical (unpaired) electrons. The van der Waals surface area contributed by atoms with Crippen molar-refractivity contribution in [1.29, 1.82) is 0 Å². The van der Waals surface area contributed by atoms with Gasteiger partial charge in [0.1, 0.15) is 0 Å². The van der Waals surface area contributed by atoms with Crippen molar-refractivity contribution in [2.45, 2.75) is 174 Å². The Morgan fingerprint density at radius 3 is 1.19 bits per heavy atom. The zero-order valence-electron chi connectivity index (χ0n) is 22.6. The molecule has 0 heterocycles. The van der Waals surface area contributed by atoms with E-state index in [4.69, 9.17) is 11.6 Å². The summed E-state index contributed by atoms with van der Waals surface area (Å²) in [7, 11) is 0. The van der Waals surface area contributed by atoms with E-state index in [-0.39, 0.29) is 0 Å². The maximum absolute atomic E-state index is 10.2. The van der Waals surface area contributed by atoms with Crippen LogP contribution < -0.4 is 0 Å². The molecule has 0 amide bonds. The summed E-state index contributed by atoms with van der Waals surface area (Å²) in [5.41, 5.74) is 0. The first-order chi connectivity index (χ1) is 15.6. The summed E-state index contributed by atoms with van der Waals surface area (Å²) in [6.07, 6.45) is 27.0. The van der Waals surface area contributed by atoms with Crippen molar-refractivity contribution in [3.8, 4) is 0 Å². The van der Waals surface area contributed by atoms with Crippen LogP contribution in [0.15, 0.2) is 0 Å². The zero-order chi connectivity index (χ0) is 23.9. The molecule has 0 aromatic heterocycles. The van der Waals surface area contributed by atoms with E-state index in [1.807, 2.05) is 0 Å². The van der Waals surface area contributed by atoms with Crippen molar-refractivity contribution in [1.82, 2.24) is 4.90 Å². The van der Waals surface area contributed by atoms with Crippen molar-refractivity contribution in [2.24, 2.45) is 0 Å². The summed E-state index contributed by atoms with van der Waals surface area (Å²) in [6.45, 7) is 10.0. The van der Waals surface area contributed by atoms with Crippen LogP contribution in [0.4, 0.5) is 0 Å². The van der Waals surface area contributed by atoms with Gasteiger partial charge in [0.05, 0.1) is 6.10 Å². The van der Waals surface area contributed by atoms with E-state index in [9.17, 15) is 5.11 Å². The van der Waals surface area contributed by atoms with E-state index in [1.54, 1.807) is 0 Å². The first kappa shape index (κ1) is 32.2. The van der Waals surface area contributed by atoms with Crippen LogP contribution in [-0.4, -0.2) is 40.6 Å². The predicted molar refractivity (Wildman–Crippen MR) is 146 cm³/mol. The van der Waals surface area contributed by atoms with Crippen molar-refractivity contribution in [3.05, 3.63) is 0 Å². The van der Waals surface area contributed by atoms with Crippen LogP contribution in [0.1, 0.15) is 156 Å². The number of aliphatic hydroxyl groups is 1. The number of nitrogens with zero attached hydrogens (tertiary/aromatic N) is 1. The van der Waals surface area contributed by atoms with Crippen LogP contribution in [0.5, 0.6) is 0 Å². The van der Waals surface area contributed by atoms with E-state index in [1.165, 1.54) is 128 Å². The summed E-state index contributed by atoms with van der Waals surface area (Å²) in [5.74, 6) is 0.339. The highest BCUT2D eigenvalue weighted by atomic mass is 35.5. The molecular formula is C29H60ClNO. The van der Waals surface area contributed by atoms with Gasteiger partial charge in [0.25, 0.3) is 0 Å². The minimum atomic E-state index is -0.409. The highest BCUT2D eigenvalue weighted by molar-refractivity contribution is 6.18. The van der Waals surface area contributed by atoms with Crippen molar-refractivity contribution in [2.75, 3.05) is 12.4 Å². The summed E-state index contributed by atoms with van der Waals surface area (Å²) in [4.78, 5) is 2.54. The van der Waals surface area contributed by atoms with Gasteiger partial charge in [0.15, 0.2) is 0 Å². The molecule has 0 spiro atoms. The van der Waals surface area contributed by atoms with Gasteiger partial charge < -0.3 is 5.11 Å². The Kier molecular flexibility index (Phi) is 24.5. The Labute approximate surface area is 208 Å². The molecule has 1 N–H and O–H groups in total. The number of unbranched alkanes of at least 4 members (excludes halogenated alkanes) is 16. The second-order valence-electron chi connectivity index (χ2n) is 10.4. The molecule has 0 aromatic rings. The SMILES string of the molecule is CCCCCCCCCCCC(C)N(CC(O)CCl)C(C)CCCCCCCCCCC. The summed E-state index contributed by atoms with van der Waals surface area (Å²) in [5, 5.41) is 10.2. The third-order valence-corrected chi connectivity index (χ3v) is 7.54. The smallest absolute Gasteiger partial charge is 0.0802 e. The van der Waals surface area contributed by atoms with Gasteiger partial charge in [-0.05, 0) is 26.7 Å². The predicted octanol–water partition coefficient (Wildman–Crippen LogP) is 9.51. The van der Waals surface area contributed by atoms with E-state index in [0.29, 0.717) is 18.0 Å². The Bertz CT molecular complexity index is 337. The normalized spacial score (nSPS) is 14.7. The summed E-state index contributed by atoms with van der Waals surface area (Å²) < 4.78 is 0. The Morgan fingerprint density at radius 1 is 0.562 bits per heavy atom. The van der Waals surface area contributed by atoms with Crippen molar-refractivity contribution >= 4 is 11.6 Å². The molecule has 0 rings (SSSR count). The van der Waals surface area contributed by atoms with E-state index < -0.39 is 6.10 Å². The van der Waals surface area contributed by atoms with Crippen molar-refractivity contribution < 1.29 is 5.11 Å². The standard InChI is InChI=1S/C29H60ClNO/c1-5-7-9-11-13-15-17-19-21-23-27(3)31(26-29(32)25-30)28(4)24-22-20-18-16-14-12-10-8-6-2/h27-29,32H,5-26H2,1-4H3. The number of alkyl halides is 1. The Hall–Kier alpha value is 0.210. The molecule has 0 aliphatic rings. The maximum Gasteiger partial charge on any atom is 0.0802 e. The Morgan fingerprint density at radius 2 is 0.875 bits per heavy atom. The third-order valence-electron chi connectivity index (χ3n) is 7.18. The quantitative estimate of drug-likeness (QED) is 0.105. The number of rotatable bonds is 25. The number of halogens is 1. The van der Waals surface area contributed by atoms with Crippen LogP contribution in [0.3, 0.4) is 0 Å². The molecule has 0 saturated carbocycles. The van der Waals surface area contributed by atoms with E-state index in [0.717, 1.165) is 6.54 Å². The lowest BCUT2D eigenvalue weighted by molar-refractivity contribution is 0.0686. The molecule has 0 fully saturated rings. The molecule has 3 unspecified atom stereocenters. The van der Waals surface area contributed by atoms with Crippen LogP contribution in [0.2, 0.25) is 0 Å². The van der Waals surface area contributed by atoms with Crippen molar-refractivity contribution in [3.63, 3.8) is 0 Å². The monoisotopic (exact) mass is 473 g/mol. The van der Waals surface area contributed by atoms with Gasteiger partial charge in [-0.2, -0.15) is 0 Å². The van der Waals surface area contributed by atoms with Gasteiger partial charge in [-0.15, -0.1) is 11.6 Å². The molecule has 2 nitrogen and oxygen atoms in total. The highest BCUT2D eigenvalue weighted by Crippen LogP contribution is 2.20. The third kappa shape index (κ3) is 19.7. The molecular weight excluding hydrogens is 414 g/mol. The second kappa shape index (κ2) is 24.3. The molecule has 0 aliphatic heterocycles. The molecule has 0 bridgehead atoms. The first-order valence-electron chi connectivity index (χ1n) is 14.6. The number of hydrogen-bond acceptors (Lipinski definition) is 2. The molecule has 3 heteroatoms. The van der Waals surface area contributed by atoms with Gasteiger partial charge in [-0.25, -0.2) is 0 Å². The van der Waals surface area contributed by atoms with Crippen LogP contribution >= 0.6 is 11.6 Å². The van der Waals surface area contributed by atoms with Crippen LogP contribution in [-0.2, 0) is 0 Å². The minimum absolute atomic E-state index is 0.339. The fourth-order valence-corrected chi connectivity index (χ4v) is 5.02. The largest absolute Gasteiger partial charge is 0.391 e. The second-order valence-corrected chi connectivity index (χ2v) is 10.7. The summed E-state index contributed by atoms with van der Waals surface area (Å²) in [6, 6.07) is 1.07. The average Bonchev–Trinajstić information content (AvgIpc) is 2.79. The molecule has 0 saturated heterocycles. The molecule has 0 aromatic carbocycles. The van der Waals surface area contributed by atoms with Crippen LogP contribution in [0, 0.1) is 0 Å². The highest BCUT2D eigenvalue weighted by Gasteiger charge is 2.22. The zero-order valence-corrected chi connectivity index (χ0v) is 23.3. The van der Waals surface area contributed by atoms with Gasteiger partial charge in [0.2, 0.25) is 0 Å². The molecule has 3 atom stereocenters. The maximum atomic E-state index is 10.2. The van der Waals surface area contributed by atoms with E-state index >= 15 is 0 Å². The van der Waals surface area contributed by atoms with Gasteiger partial charge in [-0.1, -0.05) is 129 Å². The fraction of sp³-hybridized carbons (Fsp3) is 1.00. The van der Waals surface area contributed by atoms with Gasteiger partial charge in [0, 0.05) is 24.5 Å². The summed E-state index contributed by atoms with van der Waals surface area (Å²) >= 11 is 5.94. The molecule has 0 aliphatic carbocycles. The number of hydrogen-bond donors (Lipinski definition) is 1. The number of aliphatic hydroxyl groups excluding tert-OH is 1. The fourth-order valence-electron chi connectivity index (χ4n) is 4.92. The first-order valence-corrected chi connectivity index (χ1v) is 15.1. The van der Waals surface area contributed by atoms with Gasteiger partial charge in [-0.3, -0.25) is 4.90 Å². The Balaban J connectivity index is 4.06. The lowest BCUT2D eigenvalue weighted by Crippen LogP contribution is -2.45. The molecule has 32 heavy (non-hydrogen) atoms. The average molecular weight is 474 g/mol. The lowest BCUT2D eigenvalue weighted by atomic mass is 10.0.